The van der Waals surface area contributed by atoms with Gasteiger partial charge in [-0.2, -0.15) is 0 Å². The second-order valence-corrected chi connectivity index (χ2v) is 5.55. The van der Waals surface area contributed by atoms with Gasteiger partial charge in [-0.15, -0.1) is 0 Å². The molecule has 0 aromatic carbocycles. The Bertz CT molecular complexity index is 160. The minimum Gasteiger partial charge on any atom is -0.319 e. The van der Waals surface area contributed by atoms with Gasteiger partial charge in [0, 0.05) is 19.1 Å². The summed E-state index contributed by atoms with van der Waals surface area (Å²) in [6.45, 7) is 6.99. The zero-order valence-electron chi connectivity index (χ0n) is 10.3. The third-order valence-electron chi connectivity index (χ3n) is 3.28. The summed E-state index contributed by atoms with van der Waals surface area (Å²) in [5.74, 6) is 0. The predicted octanol–water partition coefficient (Wildman–Crippen LogP) is 2.11. The standard InChI is InChI=1S/C12H26N2/c1-12(2,9-13-3)10-14(4)11-7-5-6-8-11/h11,13H,5-10H2,1-4H3. The zero-order valence-corrected chi connectivity index (χ0v) is 10.3. The van der Waals surface area contributed by atoms with Crippen LogP contribution in [0.3, 0.4) is 0 Å². The normalized spacial score (nSPS) is 19.5. The Morgan fingerprint density at radius 1 is 1.29 bits per heavy atom. The number of nitrogens with zero attached hydrogens (tertiary/aromatic N) is 1. The van der Waals surface area contributed by atoms with Crippen LogP contribution in [0.25, 0.3) is 0 Å². The minimum atomic E-state index is 0.395. The zero-order chi connectivity index (χ0) is 10.6. The van der Waals surface area contributed by atoms with Crippen LogP contribution < -0.4 is 5.32 Å². The van der Waals surface area contributed by atoms with Crippen LogP contribution in [0.15, 0.2) is 0 Å². The molecule has 1 rings (SSSR count). The van der Waals surface area contributed by atoms with Gasteiger partial charge >= 0.3 is 0 Å². The smallest absolute Gasteiger partial charge is 0.00924 e. The molecule has 0 aliphatic heterocycles. The molecule has 14 heavy (non-hydrogen) atoms. The molecule has 1 saturated carbocycles. The SMILES string of the molecule is CNCC(C)(C)CN(C)C1CCCC1. The largest absolute Gasteiger partial charge is 0.319 e. The molecule has 0 heterocycles. The summed E-state index contributed by atoms with van der Waals surface area (Å²) in [5.41, 5.74) is 0.395. The van der Waals surface area contributed by atoms with Crippen LogP contribution in [0, 0.1) is 5.41 Å². The van der Waals surface area contributed by atoms with Gasteiger partial charge in [-0.05, 0) is 32.4 Å². The lowest BCUT2D eigenvalue weighted by Crippen LogP contribution is -2.41. The average Bonchev–Trinajstić information content (AvgIpc) is 2.53. The molecule has 0 saturated heterocycles. The maximum atomic E-state index is 3.28. The second-order valence-electron chi connectivity index (χ2n) is 5.55. The van der Waals surface area contributed by atoms with Crippen molar-refractivity contribution in [1.82, 2.24) is 10.2 Å². The Balaban J connectivity index is 2.34. The number of nitrogens with one attached hydrogen (secondary N) is 1. The summed E-state index contributed by atoms with van der Waals surface area (Å²) in [7, 11) is 4.32. The molecule has 0 radical (unpaired) electrons. The van der Waals surface area contributed by atoms with Crippen LogP contribution in [-0.4, -0.2) is 38.1 Å². The van der Waals surface area contributed by atoms with Crippen molar-refractivity contribution in [2.75, 3.05) is 27.2 Å². The molecule has 2 nitrogen and oxygen atoms in total. The van der Waals surface area contributed by atoms with E-state index in [0.717, 1.165) is 12.6 Å². The van der Waals surface area contributed by atoms with E-state index in [1.807, 2.05) is 7.05 Å². The van der Waals surface area contributed by atoms with Crippen LogP contribution >= 0.6 is 0 Å². The Hall–Kier alpha value is -0.0800. The van der Waals surface area contributed by atoms with E-state index in [2.05, 4.69) is 31.1 Å². The first-order valence-corrected chi connectivity index (χ1v) is 5.90. The summed E-state index contributed by atoms with van der Waals surface area (Å²) in [6.07, 6.45) is 5.68. The van der Waals surface area contributed by atoms with Gasteiger partial charge in [-0.3, -0.25) is 0 Å². The van der Waals surface area contributed by atoms with E-state index in [4.69, 9.17) is 0 Å². The highest BCUT2D eigenvalue weighted by atomic mass is 15.1. The minimum absolute atomic E-state index is 0.395. The van der Waals surface area contributed by atoms with Crippen molar-refractivity contribution in [2.45, 2.75) is 45.6 Å². The maximum absolute atomic E-state index is 3.28. The lowest BCUT2D eigenvalue weighted by atomic mass is 9.92. The molecule has 0 atom stereocenters. The lowest BCUT2D eigenvalue weighted by molar-refractivity contribution is 0.161. The Morgan fingerprint density at radius 2 is 1.86 bits per heavy atom. The Labute approximate surface area is 89.1 Å². The molecular formula is C12H26N2. The molecule has 2 heteroatoms. The fourth-order valence-electron chi connectivity index (χ4n) is 2.68. The molecule has 0 spiro atoms. The fraction of sp³-hybridized carbons (Fsp3) is 1.00. The van der Waals surface area contributed by atoms with E-state index in [9.17, 15) is 0 Å². The number of hydrogen-bond acceptors (Lipinski definition) is 2. The molecule has 0 unspecified atom stereocenters. The topological polar surface area (TPSA) is 15.3 Å². The monoisotopic (exact) mass is 198 g/mol. The molecular weight excluding hydrogens is 172 g/mol. The van der Waals surface area contributed by atoms with E-state index in [1.54, 1.807) is 0 Å². The molecule has 1 aliphatic rings. The fourth-order valence-corrected chi connectivity index (χ4v) is 2.68. The number of hydrogen-bond donors (Lipinski definition) is 1. The van der Waals surface area contributed by atoms with Gasteiger partial charge in [0.2, 0.25) is 0 Å². The van der Waals surface area contributed by atoms with E-state index in [-0.39, 0.29) is 0 Å². The third-order valence-corrected chi connectivity index (χ3v) is 3.28. The van der Waals surface area contributed by atoms with Crippen molar-refractivity contribution in [3.8, 4) is 0 Å². The first kappa shape index (κ1) is 12.0. The highest BCUT2D eigenvalue weighted by molar-refractivity contribution is 4.81. The van der Waals surface area contributed by atoms with Crippen molar-refractivity contribution in [3.05, 3.63) is 0 Å². The molecule has 0 aromatic rings. The van der Waals surface area contributed by atoms with Gasteiger partial charge in [0.05, 0.1) is 0 Å². The first-order valence-electron chi connectivity index (χ1n) is 5.90. The molecule has 1 N–H and O–H groups in total. The summed E-state index contributed by atoms with van der Waals surface area (Å²) >= 11 is 0. The van der Waals surface area contributed by atoms with E-state index in [0.29, 0.717) is 5.41 Å². The van der Waals surface area contributed by atoms with Gasteiger partial charge in [-0.1, -0.05) is 26.7 Å². The van der Waals surface area contributed by atoms with Gasteiger partial charge in [0.25, 0.3) is 0 Å². The van der Waals surface area contributed by atoms with Crippen molar-refractivity contribution >= 4 is 0 Å². The van der Waals surface area contributed by atoms with E-state index < -0.39 is 0 Å². The summed E-state index contributed by atoms with van der Waals surface area (Å²) in [6, 6.07) is 0.853. The molecule has 0 amide bonds. The van der Waals surface area contributed by atoms with Crippen molar-refractivity contribution < 1.29 is 0 Å². The molecule has 84 valence electrons. The maximum Gasteiger partial charge on any atom is 0.00924 e. The second kappa shape index (κ2) is 5.13. The molecule has 1 fully saturated rings. The number of rotatable bonds is 5. The Morgan fingerprint density at radius 3 is 2.36 bits per heavy atom. The van der Waals surface area contributed by atoms with Crippen molar-refractivity contribution in [1.29, 1.82) is 0 Å². The third kappa shape index (κ3) is 3.58. The van der Waals surface area contributed by atoms with Gasteiger partial charge in [0.15, 0.2) is 0 Å². The van der Waals surface area contributed by atoms with Crippen LogP contribution in [0.5, 0.6) is 0 Å². The highest BCUT2D eigenvalue weighted by Crippen LogP contribution is 2.25. The van der Waals surface area contributed by atoms with Crippen LogP contribution in [0.1, 0.15) is 39.5 Å². The molecule has 1 aliphatic carbocycles. The summed E-state index contributed by atoms with van der Waals surface area (Å²) < 4.78 is 0. The summed E-state index contributed by atoms with van der Waals surface area (Å²) in [5, 5.41) is 3.28. The molecule has 0 aromatic heterocycles. The van der Waals surface area contributed by atoms with Gasteiger partial charge in [0.1, 0.15) is 0 Å². The van der Waals surface area contributed by atoms with Gasteiger partial charge < -0.3 is 10.2 Å². The van der Waals surface area contributed by atoms with Crippen LogP contribution in [-0.2, 0) is 0 Å². The quantitative estimate of drug-likeness (QED) is 0.728. The first-order chi connectivity index (χ1) is 6.55. The summed E-state index contributed by atoms with van der Waals surface area (Å²) in [4.78, 5) is 2.56. The van der Waals surface area contributed by atoms with Crippen molar-refractivity contribution in [2.24, 2.45) is 5.41 Å². The molecule has 0 bridgehead atoms. The van der Waals surface area contributed by atoms with Crippen molar-refractivity contribution in [3.63, 3.8) is 0 Å². The lowest BCUT2D eigenvalue weighted by Gasteiger charge is -2.33. The predicted molar refractivity (Wildman–Crippen MR) is 62.6 cm³/mol. The Kier molecular flexibility index (Phi) is 4.39. The van der Waals surface area contributed by atoms with Gasteiger partial charge in [-0.25, -0.2) is 0 Å². The van der Waals surface area contributed by atoms with Crippen LogP contribution in [0.2, 0.25) is 0 Å². The average molecular weight is 198 g/mol. The van der Waals surface area contributed by atoms with Crippen LogP contribution in [0.4, 0.5) is 0 Å². The van der Waals surface area contributed by atoms with E-state index in [1.165, 1.54) is 32.2 Å². The van der Waals surface area contributed by atoms with E-state index >= 15 is 0 Å². The highest BCUT2D eigenvalue weighted by Gasteiger charge is 2.25.